The van der Waals surface area contributed by atoms with Crippen LogP contribution in [0.4, 0.5) is 0 Å². The zero-order valence-corrected chi connectivity index (χ0v) is 15.7. The first-order valence-corrected chi connectivity index (χ1v) is 10.2. The highest BCUT2D eigenvalue weighted by molar-refractivity contribution is 7.99. The lowest BCUT2D eigenvalue weighted by Crippen LogP contribution is -2.54. The van der Waals surface area contributed by atoms with Gasteiger partial charge in [-0.25, -0.2) is 4.98 Å². The summed E-state index contributed by atoms with van der Waals surface area (Å²) >= 11 is 2.86. The molecule has 1 unspecified atom stereocenters. The minimum absolute atomic E-state index is 0.0214. The first-order valence-electron chi connectivity index (χ1n) is 8.19. The fourth-order valence-electron chi connectivity index (χ4n) is 3.09. The fraction of sp³-hybridized carbons (Fsp3) is 0.562. The maximum Gasteiger partial charge on any atom is 0.258 e. The number of nitrogens with one attached hydrogen (secondary N) is 1. The number of likely N-dealkylation sites (N-methyl/N-ethyl adjacent to an activating group) is 1. The van der Waals surface area contributed by atoms with E-state index in [-0.39, 0.29) is 11.5 Å². The molecule has 9 heteroatoms. The van der Waals surface area contributed by atoms with E-state index in [1.807, 2.05) is 5.38 Å². The number of carbonyl (C=O) groups excluding carboxylic acids is 1. The van der Waals surface area contributed by atoms with Gasteiger partial charge in [-0.3, -0.25) is 14.0 Å². The van der Waals surface area contributed by atoms with E-state index in [1.165, 1.54) is 33.6 Å². The average Bonchev–Trinajstić information content (AvgIpc) is 3.04. The highest BCUT2D eigenvalue weighted by atomic mass is 32.2. The molecule has 3 rings (SSSR count). The van der Waals surface area contributed by atoms with E-state index in [0.717, 1.165) is 6.42 Å². The number of thiazole rings is 1. The van der Waals surface area contributed by atoms with Crippen molar-refractivity contribution in [3.63, 3.8) is 0 Å². The summed E-state index contributed by atoms with van der Waals surface area (Å²) in [7, 11) is 1.80. The van der Waals surface area contributed by atoms with Crippen LogP contribution in [0.15, 0.2) is 22.4 Å². The molecule has 0 aliphatic carbocycles. The Bertz CT molecular complexity index is 802. The molecule has 2 N–H and O–H groups in total. The molecular weight excluding hydrogens is 360 g/mol. The third-order valence-corrected chi connectivity index (χ3v) is 5.95. The van der Waals surface area contributed by atoms with Crippen LogP contribution in [-0.4, -0.2) is 63.3 Å². The Morgan fingerprint density at radius 2 is 2.40 bits per heavy atom. The molecule has 1 amide bonds. The molecule has 1 aliphatic heterocycles. The number of thioether (sulfide) groups is 1. The van der Waals surface area contributed by atoms with Crippen LogP contribution >= 0.6 is 23.1 Å². The van der Waals surface area contributed by atoms with Crippen molar-refractivity contribution < 1.29 is 9.90 Å². The van der Waals surface area contributed by atoms with E-state index < -0.39 is 5.60 Å². The van der Waals surface area contributed by atoms with E-state index in [0.29, 0.717) is 48.2 Å². The van der Waals surface area contributed by atoms with Crippen LogP contribution in [0.3, 0.4) is 0 Å². The van der Waals surface area contributed by atoms with Gasteiger partial charge in [-0.2, -0.15) is 0 Å². The predicted octanol–water partition coefficient (Wildman–Crippen LogP) is 0.562. The van der Waals surface area contributed by atoms with Crippen LogP contribution in [0.2, 0.25) is 0 Å². The molecule has 0 bridgehead atoms. The van der Waals surface area contributed by atoms with E-state index in [9.17, 15) is 14.7 Å². The number of fused-ring (bicyclic) bond motifs is 1. The summed E-state index contributed by atoms with van der Waals surface area (Å²) in [5.74, 6) is 0.860. The lowest BCUT2D eigenvalue weighted by molar-refractivity contribution is -0.135. The summed E-state index contributed by atoms with van der Waals surface area (Å²) in [5.41, 5.74) is -0.245. The van der Waals surface area contributed by atoms with Crippen LogP contribution in [-0.2, 0) is 10.5 Å². The summed E-state index contributed by atoms with van der Waals surface area (Å²) in [5, 5.41) is 15.3. The smallest absolute Gasteiger partial charge is 0.258 e. The number of aliphatic hydroxyl groups is 1. The number of carbonyl (C=O) groups is 1. The minimum Gasteiger partial charge on any atom is -0.387 e. The zero-order chi connectivity index (χ0) is 17.9. The average molecular weight is 383 g/mol. The number of hydrogen-bond acceptors (Lipinski definition) is 7. The predicted molar refractivity (Wildman–Crippen MR) is 100 cm³/mol. The third-order valence-electron chi connectivity index (χ3n) is 4.25. The van der Waals surface area contributed by atoms with E-state index in [2.05, 4.69) is 10.3 Å². The third kappa shape index (κ3) is 4.41. The number of likely N-dealkylation sites (tertiary alicyclic amines) is 1. The summed E-state index contributed by atoms with van der Waals surface area (Å²) < 4.78 is 1.51. The maximum absolute atomic E-state index is 12.4. The van der Waals surface area contributed by atoms with Gasteiger partial charge >= 0.3 is 0 Å². The topological polar surface area (TPSA) is 86.9 Å². The lowest BCUT2D eigenvalue weighted by atomic mass is 9.93. The van der Waals surface area contributed by atoms with Crippen LogP contribution in [0, 0.1) is 0 Å². The second-order valence-corrected chi connectivity index (χ2v) is 8.17. The SMILES string of the molecule is CNCC1(O)CCCN(C(=O)CSCc2cc(=O)n3ccsc3n2)C1. The molecule has 2 aromatic heterocycles. The minimum atomic E-state index is -0.840. The number of rotatable bonds is 6. The molecule has 2 aromatic rings. The van der Waals surface area contributed by atoms with Crippen molar-refractivity contribution in [3.05, 3.63) is 33.7 Å². The molecule has 1 atom stereocenters. The molecule has 0 radical (unpaired) electrons. The molecule has 1 aliphatic rings. The molecular formula is C16H22N4O3S2. The molecule has 7 nitrogen and oxygen atoms in total. The Labute approximate surface area is 154 Å². The van der Waals surface area contributed by atoms with E-state index >= 15 is 0 Å². The Morgan fingerprint density at radius 1 is 1.56 bits per heavy atom. The number of hydrogen-bond donors (Lipinski definition) is 2. The zero-order valence-electron chi connectivity index (χ0n) is 14.1. The van der Waals surface area contributed by atoms with Gasteiger partial charge in [0.1, 0.15) is 0 Å². The largest absolute Gasteiger partial charge is 0.387 e. The highest BCUT2D eigenvalue weighted by Crippen LogP contribution is 2.22. The van der Waals surface area contributed by atoms with Crippen molar-refractivity contribution in [2.75, 3.05) is 32.4 Å². The first kappa shape index (κ1) is 18.4. The molecule has 0 saturated carbocycles. The first-order chi connectivity index (χ1) is 12.0. The van der Waals surface area contributed by atoms with Gasteiger partial charge in [-0.05, 0) is 19.9 Å². The number of β-amino-alcohol motifs (C(OH)–C–C–N with tert-alkyl or cyclic N) is 1. The Balaban J connectivity index is 1.54. The van der Waals surface area contributed by atoms with Gasteiger partial charge in [0, 0.05) is 36.5 Å². The van der Waals surface area contributed by atoms with Gasteiger partial charge in [0.25, 0.3) is 5.56 Å². The van der Waals surface area contributed by atoms with Crippen molar-refractivity contribution in [2.45, 2.75) is 24.2 Å². The number of amides is 1. The fourth-order valence-corrected chi connectivity index (χ4v) is 4.65. The van der Waals surface area contributed by atoms with Gasteiger partial charge in [-0.15, -0.1) is 23.1 Å². The van der Waals surface area contributed by atoms with Crippen molar-refractivity contribution >= 4 is 34.0 Å². The number of aromatic nitrogens is 2. The molecule has 136 valence electrons. The lowest BCUT2D eigenvalue weighted by Gasteiger charge is -2.39. The van der Waals surface area contributed by atoms with Gasteiger partial charge in [-0.1, -0.05) is 0 Å². The second-order valence-electron chi connectivity index (χ2n) is 6.31. The molecule has 1 saturated heterocycles. The highest BCUT2D eigenvalue weighted by Gasteiger charge is 2.34. The van der Waals surface area contributed by atoms with Crippen LogP contribution in [0.1, 0.15) is 18.5 Å². The van der Waals surface area contributed by atoms with Crippen LogP contribution in [0.25, 0.3) is 4.96 Å². The van der Waals surface area contributed by atoms with E-state index in [1.54, 1.807) is 18.1 Å². The van der Waals surface area contributed by atoms with Gasteiger partial charge in [0.2, 0.25) is 5.91 Å². The molecule has 3 heterocycles. The summed E-state index contributed by atoms with van der Waals surface area (Å²) in [6.07, 6.45) is 3.22. The summed E-state index contributed by atoms with van der Waals surface area (Å²) in [6, 6.07) is 1.52. The van der Waals surface area contributed by atoms with Gasteiger partial charge in [0.05, 0.1) is 23.6 Å². The van der Waals surface area contributed by atoms with Crippen molar-refractivity contribution in [1.29, 1.82) is 0 Å². The number of piperidine rings is 1. The van der Waals surface area contributed by atoms with Crippen molar-refractivity contribution in [3.8, 4) is 0 Å². The summed E-state index contributed by atoms with van der Waals surface area (Å²) in [4.78, 5) is 31.2. The van der Waals surface area contributed by atoms with Crippen molar-refractivity contribution in [1.82, 2.24) is 19.6 Å². The Hall–Kier alpha value is -1.42. The Morgan fingerprint density at radius 3 is 3.20 bits per heavy atom. The van der Waals surface area contributed by atoms with Gasteiger partial charge in [0.15, 0.2) is 4.96 Å². The number of nitrogens with zero attached hydrogens (tertiary/aromatic N) is 3. The monoisotopic (exact) mass is 382 g/mol. The Kier molecular flexibility index (Phi) is 5.78. The van der Waals surface area contributed by atoms with E-state index in [4.69, 9.17) is 0 Å². The van der Waals surface area contributed by atoms with Crippen molar-refractivity contribution in [2.24, 2.45) is 0 Å². The standard InChI is InChI=1S/C16H22N4O3S2/c1-17-10-16(23)3-2-4-19(11-16)14(22)9-24-8-12-7-13(21)20-5-6-25-15(20)18-12/h5-7,17,23H,2-4,8-11H2,1H3. The molecule has 25 heavy (non-hydrogen) atoms. The quantitative estimate of drug-likeness (QED) is 0.759. The second kappa shape index (κ2) is 7.86. The normalized spacial score (nSPS) is 21.0. The summed E-state index contributed by atoms with van der Waals surface area (Å²) in [6.45, 7) is 1.54. The van der Waals surface area contributed by atoms with Crippen LogP contribution < -0.4 is 10.9 Å². The maximum atomic E-state index is 12.4. The van der Waals surface area contributed by atoms with Crippen LogP contribution in [0.5, 0.6) is 0 Å². The van der Waals surface area contributed by atoms with Gasteiger partial charge < -0.3 is 15.3 Å². The molecule has 0 spiro atoms. The molecule has 0 aromatic carbocycles. The molecule has 1 fully saturated rings.